The Labute approximate surface area is 102 Å². The molecule has 2 heteroatoms. The Morgan fingerprint density at radius 1 is 1.41 bits per heavy atom. The molecule has 90 valence electrons. The SMILES string of the molecule is C=CCNCC1C2C=CC(C2)C1c1ccco1. The van der Waals surface area contributed by atoms with E-state index in [4.69, 9.17) is 4.42 Å². The van der Waals surface area contributed by atoms with Crippen LogP contribution in [0.4, 0.5) is 0 Å². The van der Waals surface area contributed by atoms with Crippen LogP contribution in [0.3, 0.4) is 0 Å². The molecule has 4 unspecified atom stereocenters. The van der Waals surface area contributed by atoms with Gasteiger partial charge in [0.25, 0.3) is 0 Å². The average molecular weight is 229 g/mol. The predicted molar refractivity (Wildman–Crippen MR) is 68.7 cm³/mol. The van der Waals surface area contributed by atoms with Crippen LogP contribution in [0.2, 0.25) is 0 Å². The van der Waals surface area contributed by atoms with Gasteiger partial charge in [0.05, 0.1) is 6.26 Å². The minimum atomic E-state index is 0.567. The van der Waals surface area contributed by atoms with E-state index in [1.807, 2.05) is 12.1 Å². The number of furan rings is 1. The molecule has 2 bridgehead atoms. The first kappa shape index (κ1) is 10.8. The van der Waals surface area contributed by atoms with Crippen LogP contribution in [0.1, 0.15) is 18.1 Å². The first-order valence-corrected chi connectivity index (χ1v) is 6.43. The molecule has 0 aliphatic heterocycles. The molecule has 1 aromatic heterocycles. The van der Waals surface area contributed by atoms with Crippen molar-refractivity contribution in [3.05, 3.63) is 49.0 Å². The van der Waals surface area contributed by atoms with Crippen LogP contribution in [0, 0.1) is 17.8 Å². The van der Waals surface area contributed by atoms with Crippen molar-refractivity contribution in [3.8, 4) is 0 Å². The van der Waals surface area contributed by atoms with E-state index in [0.29, 0.717) is 17.8 Å². The number of hydrogen-bond acceptors (Lipinski definition) is 2. The predicted octanol–water partition coefficient (Wildman–Crippen LogP) is 2.96. The first-order chi connectivity index (χ1) is 8.40. The van der Waals surface area contributed by atoms with Gasteiger partial charge in [-0.2, -0.15) is 0 Å². The van der Waals surface area contributed by atoms with Gasteiger partial charge in [0.15, 0.2) is 0 Å². The largest absolute Gasteiger partial charge is 0.469 e. The summed E-state index contributed by atoms with van der Waals surface area (Å²) in [6, 6.07) is 4.12. The van der Waals surface area contributed by atoms with Crippen molar-refractivity contribution in [3.63, 3.8) is 0 Å². The molecule has 0 saturated heterocycles. The molecular weight excluding hydrogens is 210 g/mol. The monoisotopic (exact) mass is 229 g/mol. The Morgan fingerprint density at radius 3 is 3.06 bits per heavy atom. The van der Waals surface area contributed by atoms with Crippen molar-refractivity contribution in [2.45, 2.75) is 12.3 Å². The molecule has 2 aliphatic rings. The van der Waals surface area contributed by atoms with Crippen LogP contribution < -0.4 is 5.32 Å². The number of hydrogen-bond donors (Lipinski definition) is 1. The molecule has 2 nitrogen and oxygen atoms in total. The topological polar surface area (TPSA) is 25.2 Å². The second-order valence-electron chi connectivity index (χ2n) is 5.10. The van der Waals surface area contributed by atoms with Gasteiger partial charge in [-0.25, -0.2) is 0 Å². The van der Waals surface area contributed by atoms with Crippen LogP contribution in [-0.2, 0) is 0 Å². The van der Waals surface area contributed by atoms with E-state index in [1.165, 1.54) is 6.42 Å². The molecule has 1 fully saturated rings. The molecule has 0 spiro atoms. The van der Waals surface area contributed by atoms with Gasteiger partial charge in [-0.1, -0.05) is 18.2 Å². The highest BCUT2D eigenvalue weighted by atomic mass is 16.3. The van der Waals surface area contributed by atoms with Crippen molar-refractivity contribution in [1.82, 2.24) is 5.32 Å². The Kier molecular flexibility index (Phi) is 2.89. The Bertz CT molecular complexity index is 407. The molecule has 0 amide bonds. The number of allylic oxidation sites excluding steroid dienone is 2. The number of nitrogens with one attached hydrogen (secondary N) is 1. The lowest BCUT2D eigenvalue weighted by molar-refractivity contribution is 0.329. The van der Waals surface area contributed by atoms with E-state index < -0.39 is 0 Å². The van der Waals surface area contributed by atoms with Crippen LogP contribution >= 0.6 is 0 Å². The molecule has 1 aromatic rings. The summed E-state index contributed by atoms with van der Waals surface area (Å²) >= 11 is 0. The molecule has 4 atom stereocenters. The van der Waals surface area contributed by atoms with E-state index in [9.17, 15) is 0 Å². The first-order valence-electron chi connectivity index (χ1n) is 6.43. The van der Waals surface area contributed by atoms with Gasteiger partial charge in [-0.3, -0.25) is 0 Å². The standard InChI is InChI=1S/C15H19NO/c1-2-7-16-10-13-11-5-6-12(9-11)15(13)14-4-3-8-17-14/h2-6,8,11-13,15-16H,1,7,9-10H2. The van der Waals surface area contributed by atoms with E-state index in [2.05, 4.69) is 30.1 Å². The minimum absolute atomic E-state index is 0.567. The second kappa shape index (κ2) is 4.53. The van der Waals surface area contributed by atoms with Crippen LogP contribution in [0.5, 0.6) is 0 Å². The number of rotatable bonds is 5. The van der Waals surface area contributed by atoms with Gasteiger partial charge < -0.3 is 9.73 Å². The van der Waals surface area contributed by atoms with E-state index in [-0.39, 0.29) is 0 Å². The Hall–Kier alpha value is -1.28. The van der Waals surface area contributed by atoms with E-state index in [0.717, 1.165) is 24.8 Å². The van der Waals surface area contributed by atoms with Crippen molar-refractivity contribution in [1.29, 1.82) is 0 Å². The van der Waals surface area contributed by atoms with Crippen LogP contribution in [0.15, 0.2) is 47.6 Å². The lowest BCUT2D eigenvalue weighted by Gasteiger charge is -2.26. The van der Waals surface area contributed by atoms with Crippen LogP contribution in [-0.4, -0.2) is 13.1 Å². The summed E-state index contributed by atoms with van der Waals surface area (Å²) in [5.74, 6) is 3.81. The minimum Gasteiger partial charge on any atom is -0.469 e. The fraction of sp³-hybridized carbons (Fsp3) is 0.467. The Balaban J connectivity index is 1.76. The summed E-state index contributed by atoms with van der Waals surface area (Å²) in [6.07, 6.45) is 9.78. The van der Waals surface area contributed by atoms with Crippen molar-refractivity contribution in [2.24, 2.45) is 17.8 Å². The third kappa shape index (κ3) is 1.87. The maximum absolute atomic E-state index is 5.62. The summed E-state index contributed by atoms with van der Waals surface area (Å²) in [6.45, 7) is 5.70. The van der Waals surface area contributed by atoms with Gasteiger partial charge in [-0.05, 0) is 42.9 Å². The van der Waals surface area contributed by atoms with Crippen molar-refractivity contribution < 1.29 is 4.42 Å². The molecule has 2 aliphatic carbocycles. The lowest BCUT2D eigenvalue weighted by Crippen LogP contribution is -2.29. The molecule has 1 saturated carbocycles. The summed E-state index contributed by atoms with van der Waals surface area (Å²) in [5, 5.41) is 3.46. The normalized spacial score (nSPS) is 34.4. The Morgan fingerprint density at radius 2 is 2.29 bits per heavy atom. The fourth-order valence-corrected chi connectivity index (χ4v) is 3.46. The van der Waals surface area contributed by atoms with Gasteiger partial charge >= 0.3 is 0 Å². The lowest BCUT2D eigenvalue weighted by atomic mass is 9.81. The zero-order valence-corrected chi connectivity index (χ0v) is 10.0. The van der Waals surface area contributed by atoms with E-state index >= 15 is 0 Å². The summed E-state index contributed by atoms with van der Waals surface area (Å²) in [5.41, 5.74) is 0. The van der Waals surface area contributed by atoms with Crippen molar-refractivity contribution in [2.75, 3.05) is 13.1 Å². The zero-order chi connectivity index (χ0) is 11.7. The third-order valence-electron chi connectivity index (χ3n) is 4.16. The summed E-state index contributed by atoms with van der Waals surface area (Å²) in [4.78, 5) is 0. The second-order valence-corrected chi connectivity index (χ2v) is 5.10. The highest BCUT2D eigenvalue weighted by molar-refractivity contribution is 5.23. The molecular formula is C15H19NO. The summed E-state index contributed by atoms with van der Waals surface area (Å²) < 4.78 is 5.62. The highest BCUT2D eigenvalue weighted by Gasteiger charge is 2.45. The smallest absolute Gasteiger partial charge is 0.107 e. The number of fused-ring (bicyclic) bond motifs is 2. The maximum atomic E-state index is 5.62. The molecule has 0 radical (unpaired) electrons. The maximum Gasteiger partial charge on any atom is 0.107 e. The van der Waals surface area contributed by atoms with Gasteiger partial charge in [0.2, 0.25) is 0 Å². The van der Waals surface area contributed by atoms with Gasteiger partial charge in [0, 0.05) is 12.5 Å². The van der Waals surface area contributed by atoms with E-state index in [1.54, 1.807) is 6.26 Å². The molecule has 1 heterocycles. The average Bonchev–Trinajstić information content (AvgIpc) is 3.05. The van der Waals surface area contributed by atoms with Gasteiger partial charge in [-0.15, -0.1) is 6.58 Å². The zero-order valence-electron chi connectivity index (χ0n) is 10.0. The molecule has 0 aromatic carbocycles. The molecule has 17 heavy (non-hydrogen) atoms. The summed E-state index contributed by atoms with van der Waals surface area (Å²) in [7, 11) is 0. The third-order valence-corrected chi connectivity index (χ3v) is 4.16. The quantitative estimate of drug-likeness (QED) is 0.620. The van der Waals surface area contributed by atoms with Crippen LogP contribution in [0.25, 0.3) is 0 Å². The molecule has 3 rings (SSSR count). The highest BCUT2D eigenvalue weighted by Crippen LogP contribution is 2.52. The fourth-order valence-electron chi connectivity index (χ4n) is 3.46. The molecule has 1 N–H and O–H groups in total. The van der Waals surface area contributed by atoms with Gasteiger partial charge in [0.1, 0.15) is 5.76 Å². The van der Waals surface area contributed by atoms with Crippen molar-refractivity contribution >= 4 is 0 Å².